The zero-order chi connectivity index (χ0) is 14.4. The smallest absolute Gasteiger partial charge is 0.221 e. The molecule has 0 aromatic heterocycles. The third-order valence-electron chi connectivity index (χ3n) is 3.24. The Kier molecular flexibility index (Phi) is 5.86. The van der Waals surface area contributed by atoms with E-state index in [4.69, 9.17) is 4.74 Å². The van der Waals surface area contributed by atoms with Crippen molar-refractivity contribution in [2.75, 3.05) is 19.6 Å². The zero-order valence-corrected chi connectivity index (χ0v) is 13.3. The van der Waals surface area contributed by atoms with E-state index in [1.54, 1.807) is 0 Å². The van der Waals surface area contributed by atoms with Gasteiger partial charge in [-0.15, -0.1) is 0 Å². The second-order valence-electron chi connectivity index (χ2n) is 5.00. The summed E-state index contributed by atoms with van der Waals surface area (Å²) < 4.78 is 6.93. The van der Waals surface area contributed by atoms with Gasteiger partial charge in [-0.05, 0) is 30.2 Å². The minimum Gasteiger partial charge on any atom is -0.488 e. The molecule has 0 radical (unpaired) electrons. The van der Waals surface area contributed by atoms with Crippen molar-refractivity contribution in [3.8, 4) is 5.75 Å². The summed E-state index contributed by atoms with van der Waals surface area (Å²) in [7, 11) is 0. The monoisotopic (exact) mass is 340 g/mol. The molecule has 4 nitrogen and oxygen atoms in total. The number of benzene rings is 1. The van der Waals surface area contributed by atoms with Gasteiger partial charge in [0.25, 0.3) is 0 Å². The lowest BCUT2D eigenvalue weighted by Gasteiger charge is -2.11. The van der Waals surface area contributed by atoms with Crippen molar-refractivity contribution in [2.45, 2.75) is 32.3 Å². The molecule has 1 atom stereocenters. The van der Waals surface area contributed by atoms with Gasteiger partial charge in [-0.25, -0.2) is 0 Å². The Morgan fingerprint density at radius 3 is 3.10 bits per heavy atom. The molecule has 20 heavy (non-hydrogen) atoms. The van der Waals surface area contributed by atoms with Crippen molar-refractivity contribution in [1.82, 2.24) is 10.6 Å². The molecule has 0 fully saturated rings. The number of halogens is 1. The van der Waals surface area contributed by atoms with Gasteiger partial charge in [0, 0.05) is 36.9 Å². The topological polar surface area (TPSA) is 50.4 Å². The van der Waals surface area contributed by atoms with Crippen LogP contribution in [0.3, 0.4) is 0 Å². The SMILES string of the molecule is CCCNC(=O)CCNCC1Cc2cc(Br)ccc2O1. The standard InChI is InChI=1S/C15H21BrN2O2/c1-2-6-18-15(19)5-7-17-10-13-9-11-8-12(16)3-4-14(11)20-13/h3-4,8,13,17H,2,5-7,9-10H2,1H3,(H,18,19). The average Bonchev–Trinajstić information content (AvgIpc) is 2.83. The molecule has 2 rings (SSSR count). The molecule has 1 aliphatic rings. The van der Waals surface area contributed by atoms with Crippen LogP contribution >= 0.6 is 15.9 Å². The normalized spacial score (nSPS) is 16.6. The van der Waals surface area contributed by atoms with E-state index < -0.39 is 0 Å². The highest BCUT2D eigenvalue weighted by molar-refractivity contribution is 9.10. The zero-order valence-electron chi connectivity index (χ0n) is 11.7. The summed E-state index contributed by atoms with van der Waals surface area (Å²) in [4.78, 5) is 11.4. The fourth-order valence-corrected chi connectivity index (χ4v) is 2.63. The maximum atomic E-state index is 11.4. The van der Waals surface area contributed by atoms with Crippen molar-refractivity contribution in [3.05, 3.63) is 28.2 Å². The number of hydrogen-bond acceptors (Lipinski definition) is 3. The molecule has 1 amide bonds. The van der Waals surface area contributed by atoms with Gasteiger partial charge in [0.1, 0.15) is 11.9 Å². The number of ether oxygens (including phenoxy) is 1. The van der Waals surface area contributed by atoms with Crippen LogP contribution in [0.15, 0.2) is 22.7 Å². The van der Waals surface area contributed by atoms with Crippen LogP contribution in [0.2, 0.25) is 0 Å². The molecule has 0 bridgehead atoms. The molecule has 1 heterocycles. The number of amides is 1. The van der Waals surface area contributed by atoms with Gasteiger partial charge in [0.2, 0.25) is 5.91 Å². The molecule has 1 aromatic carbocycles. The van der Waals surface area contributed by atoms with Crippen LogP contribution in [0.1, 0.15) is 25.3 Å². The Morgan fingerprint density at radius 2 is 2.30 bits per heavy atom. The predicted molar refractivity (Wildman–Crippen MR) is 83.0 cm³/mol. The summed E-state index contributed by atoms with van der Waals surface area (Å²) >= 11 is 3.47. The van der Waals surface area contributed by atoms with E-state index in [9.17, 15) is 4.79 Å². The quantitative estimate of drug-likeness (QED) is 0.748. The minimum atomic E-state index is 0.110. The van der Waals surface area contributed by atoms with E-state index in [0.717, 1.165) is 36.2 Å². The molecule has 110 valence electrons. The van der Waals surface area contributed by atoms with Crippen LogP contribution in [0.25, 0.3) is 0 Å². The number of nitrogens with one attached hydrogen (secondary N) is 2. The third-order valence-corrected chi connectivity index (χ3v) is 3.73. The summed E-state index contributed by atoms with van der Waals surface area (Å²) in [5.41, 5.74) is 1.24. The lowest BCUT2D eigenvalue weighted by molar-refractivity contribution is -0.121. The summed E-state index contributed by atoms with van der Waals surface area (Å²) in [6.07, 6.45) is 2.58. The molecule has 1 aliphatic heterocycles. The fourth-order valence-electron chi connectivity index (χ4n) is 2.22. The van der Waals surface area contributed by atoms with Gasteiger partial charge < -0.3 is 15.4 Å². The van der Waals surface area contributed by atoms with Gasteiger partial charge in [-0.2, -0.15) is 0 Å². The summed E-state index contributed by atoms with van der Waals surface area (Å²) in [6, 6.07) is 6.10. The van der Waals surface area contributed by atoms with E-state index >= 15 is 0 Å². The van der Waals surface area contributed by atoms with E-state index in [1.807, 2.05) is 19.1 Å². The second kappa shape index (κ2) is 7.64. The van der Waals surface area contributed by atoms with Crippen molar-refractivity contribution in [1.29, 1.82) is 0 Å². The van der Waals surface area contributed by atoms with Gasteiger partial charge in [-0.3, -0.25) is 4.79 Å². The molecule has 0 aliphatic carbocycles. The van der Waals surface area contributed by atoms with Crippen LogP contribution in [0.5, 0.6) is 5.75 Å². The maximum absolute atomic E-state index is 11.4. The number of rotatable bonds is 7. The molecule has 0 saturated carbocycles. The first-order chi connectivity index (χ1) is 9.69. The Morgan fingerprint density at radius 1 is 1.45 bits per heavy atom. The number of fused-ring (bicyclic) bond motifs is 1. The molecule has 5 heteroatoms. The molecule has 1 unspecified atom stereocenters. The van der Waals surface area contributed by atoms with E-state index in [1.165, 1.54) is 5.56 Å². The molecule has 2 N–H and O–H groups in total. The van der Waals surface area contributed by atoms with Crippen LogP contribution in [-0.2, 0) is 11.2 Å². The van der Waals surface area contributed by atoms with Crippen LogP contribution in [0, 0.1) is 0 Å². The molecular weight excluding hydrogens is 320 g/mol. The Hall–Kier alpha value is -1.07. The van der Waals surface area contributed by atoms with Crippen LogP contribution < -0.4 is 15.4 Å². The van der Waals surface area contributed by atoms with Crippen molar-refractivity contribution < 1.29 is 9.53 Å². The summed E-state index contributed by atoms with van der Waals surface area (Å²) in [5.74, 6) is 1.08. The van der Waals surface area contributed by atoms with Gasteiger partial charge in [0.15, 0.2) is 0 Å². The molecular formula is C15H21BrN2O2. The summed E-state index contributed by atoms with van der Waals surface area (Å²) in [5, 5.41) is 6.15. The Balaban J connectivity index is 1.64. The predicted octanol–water partition coefficient (Wildman–Crippen LogP) is 2.26. The Bertz CT molecular complexity index is 465. The van der Waals surface area contributed by atoms with E-state index in [0.29, 0.717) is 13.0 Å². The van der Waals surface area contributed by atoms with Crippen LogP contribution in [-0.4, -0.2) is 31.6 Å². The van der Waals surface area contributed by atoms with Crippen molar-refractivity contribution in [2.24, 2.45) is 0 Å². The van der Waals surface area contributed by atoms with Gasteiger partial charge in [-0.1, -0.05) is 22.9 Å². The van der Waals surface area contributed by atoms with Crippen molar-refractivity contribution >= 4 is 21.8 Å². The average molecular weight is 341 g/mol. The number of carbonyl (C=O) groups excluding carboxylic acids is 1. The highest BCUT2D eigenvalue weighted by Crippen LogP contribution is 2.30. The van der Waals surface area contributed by atoms with Gasteiger partial charge >= 0.3 is 0 Å². The second-order valence-corrected chi connectivity index (χ2v) is 5.92. The van der Waals surface area contributed by atoms with Crippen molar-refractivity contribution in [3.63, 3.8) is 0 Å². The number of carbonyl (C=O) groups is 1. The lowest BCUT2D eigenvalue weighted by atomic mass is 10.1. The first-order valence-corrected chi connectivity index (χ1v) is 7.91. The maximum Gasteiger partial charge on any atom is 0.221 e. The lowest BCUT2D eigenvalue weighted by Crippen LogP contribution is -2.33. The highest BCUT2D eigenvalue weighted by atomic mass is 79.9. The highest BCUT2D eigenvalue weighted by Gasteiger charge is 2.22. The fraction of sp³-hybridized carbons (Fsp3) is 0.533. The molecule has 0 spiro atoms. The largest absolute Gasteiger partial charge is 0.488 e. The number of hydrogen-bond donors (Lipinski definition) is 2. The van der Waals surface area contributed by atoms with Crippen LogP contribution in [0.4, 0.5) is 0 Å². The van der Waals surface area contributed by atoms with Gasteiger partial charge in [0.05, 0.1) is 0 Å². The summed E-state index contributed by atoms with van der Waals surface area (Å²) in [6.45, 7) is 4.27. The Labute approximate surface area is 128 Å². The van der Waals surface area contributed by atoms with E-state index in [2.05, 4.69) is 32.6 Å². The third kappa shape index (κ3) is 4.49. The first kappa shape index (κ1) is 15.3. The molecule has 0 saturated heterocycles. The first-order valence-electron chi connectivity index (χ1n) is 7.11. The molecule has 1 aromatic rings. The minimum absolute atomic E-state index is 0.110. The van der Waals surface area contributed by atoms with E-state index in [-0.39, 0.29) is 12.0 Å².